The van der Waals surface area contributed by atoms with Crippen molar-refractivity contribution >= 4 is 0 Å². The van der Waals surface area contributed by atoms with Crippen LogP contribution >= 0.6 is 0 Å². The molecule has 3 heteroatoms. The molecule has 2 saturated heterocycles. The van der Waals surface area contributed by atoms with E-state index in [0.717, 1.165) is 25.0 Å². The molecule has 1 N–H and O–H groups in total. The summed E-state index contributed by atoms with van der Waals surface area (Å²) < 4.78 is 5.83. The van der Waals surface area contributed by atoms with Crippen molar-refractivity contribution in [2.45, 2.75) is 18.6 Å². The van der Waals surface area contributed by atoms with Gasteiger partial charge in [0.1, 0.15) is 0 Å². The average Bonchev–Trinajstić information content (AvgIpc) is 2.75. The summed E-state index contributed by atoms with van der Waals surface area (Å²) in [5.41, 5.74) is 0. The molecular weight excluding hydrogens is 178 g/mol. The highest BCUT2D eigenvalue weighted by Crippen LogP contribution is 2.56. The van der Waals surface area contributed by atoms with Crippen LogP contribution in [0, 0.1) is 23.7 Å². The molecule has 4 rings (SSSR count). The van der Waals surface area contributed by atoms with E-state index < -0.39 is 0 Å². The van der Waals surface area contributed by atoms with E-state index in [9.17, 15) is 5.11 Å². The number of hydrogen-bond acceptors (Lipinski definition) is 3. The van der Waals surface area contributed by atoms with Gasteiger partial charge in [0.05, 0.1) is 18.8 Å². The van der Waals surface area contributed by atoms with E-state index in [2.05, 4.69) is 4.90 Å². The maximum Gasteiger partial charge on any atom is 0.0868 e. The van der Waals surface area contributed by atoms with Gasteiger partial charge in [0.2, 0.25) is 0 Å². The van der Waals surface area contributed by atoms with Crippen LogP contribution < -0.4 is 0 Å². The third-order valence-electron chi connectivity index (χ3n) is 5.05. The lowest BCUT2D eigenvalue weighted by Crippen LogP contribution is -2.44. The van der Waals surface area contributed by atoms with Crippen molar-refractivity contribution < 1.29 is 9.84 Å². The maximum atomic E-state index is 10.1. The Morgan fingerprint density at radius 3 is 2.71 bits per heavy atom. The first-order valence-corrected chi connectivity index (χ1v) is 5.86. The summed E-state index contributed by atoms with van der Waals surface area (Å²) in [5.74, 6) is 2.85. The van der Waals surface area contributed by atoms with Crippen molar-refractivity contribution in [3.8, 4) is 0 Å². The molecule has 2 aliphatic heterocycles. The van der Waals surface area contributed by atoms with Crippen molar-refractivity contribution in [1.82, 2.24) is 4.90 Å². The Kier molecular flexibility index (Phi) is 1.45. The Hall–Kier alpha value is -0.120. The van der Waals surface area contributed by atoms with Crippen LogP contribution in [0.1, 0.15) is 6.42 Å². The lowest BCUT2D eigenvalue weighted by molar-refractivity contribution is -0.0908. The molecule has 2 aliphatic carbocycles. The number of nitrogens with zero attached hydrogens (tertiary/aromatic N) is 1. The van der Waals surface area contributed by atoms with E-state index in [1.54, 1.807) is 0 Å². The molecule has 7 atom stereocenters. The molecule has 0 radical (unpaired) electrons. The molecule has 4 aliphatic rings. The predicted octanol–water partition coefficient (Wildman–Crippen LogP) is -0.0562. The van der Waals surface area contributed by atoms with Crippen molar-refractivity contribution in [2.75, 3.05) is 26.2 Å². The first-order chi connectivity index (χ1) is 6.84. The number of fused-ring (bicyclic) bond motifs is 3. The number of rotatable bonds is 0. The normalized spacial score (nSPS) is 64.5. The van der Waals surface area contributed by atoms with Crippen molar-refractivity contribution in [3.05, 3.63) is 0 Å². The summed E-state index contributed by atoms with van der Waals surface area (Å²) in [6.45, 7) is 4.40. The zero-order valence-corrected chi connectivity index (χ0v) is 8.30. The molecule has 14 heavy (non-hydrogen) atoms. The Morgan fingerprint density at radius 2 is 1.86 bits per heavy atom. The van der Waals surface area contributed by atoms with Gasteiger partial charge in [-0.15, -0.1) is 0 Å². The predicted molar refractivity (Wildman–Crippen MR) is 50.8 cm³/mol. The van der Waals surface area contributed by atoms with Gasteiger partial charge in [-0.3, -0.25) is 0 Å². The fourth-order valence-corrected chi connectivity index (χ4v) is 4.50. The van der Waals surface area contributed by atoms with Crippen LogP contribution in [0.3, 0.4) is 0 Å². The molecule has 4 bridgehead atoms. The minimum Gasteiger partial charge on any atom is -0.390 e. The van der Waals surface area contributed by atoms with E-state index in [4.69, 9.17) is 4.74 Å². The van der Waals surface area contributed by atoms with E-state index in [1.165, 1.54) is 19.5 Å². The standard InChI is InChI=1S/C11H17NO2/c13-10-6-3-7-9-5-12(4-8(6)9)1-2-14-11(7)10/h6-11,13H,1-5H2. The van der Waals surface area contributed by atoms with Crippen LogP contribution in [0.15, 0.2) is 0 Å². The summed E-state index contributed by atoms with van der Waals surface area (Å²) in [6, 6.07) is 0. The Morgan fingerprint density at radius 1 is 1.07 bits per heavy atom. The second-order valence-corrected chi connectivity index (χ2v) is 5.48. The summed E-state index contributed by atoms with van der Waals surface area (Å²) in [4.78, 5) is 2.53. The molecule has 0 spiro atoms. The molecule has 7 unspecified atom stereocenters. The van der Waals surface area contributed by atoms with Crippen LogP contribution in [-0.2, 0) is 4.74 Å². The number of ether oxygens (including phenoxy) is 1. The summed E-state index contributed by atoms with van der Waals surface area (Å²) in [5, 5.41) is 10.1. The Balaban J connectivity index is 1.76. The van der Waals surface area contributed by atoms with E-state index in [0.29, 0.717) is 11.8 Å². The van der Waals surface area contributed by atoms with Gasteiger partial charge in [0, 0.05) is 19.6 Å². The van der Waals surface area contributed by atoms with Gasteiger partial charge in [-0.25, -0.2) is 0 Å². The summed E-state index contributed by atoms with van der Waals surface area (Å²) in [7, 11) is 0. The van der Waals surface area contributed by atoms with Crippen LogP contribution in [-0.4, -0.2) is 48.5 Å². The molecule has 0 amide bonds. The minimum absolute atomic E-state index is 0.153. The van der Waals surface area contributed by atoms with Crippen LogP contribution in [0.2, 0.25) is 0 Å². The third kappa shape index (κ3) is 0.802. The second-order valence-electron chi connectivity index (χ2n) is 5.48. The molecule has 4 fully saturated rings. The van der Waals surface area contributed by atoms with Crippen LogP contribution in [0.4, 0.5) is 0 Å². The topological polar surface area (TPSA) is 32.7 Å². The zero-order valence-electron chi connectivity index (χ0n) is 8.30. The van der Waals surface area contributed by atoms with Crippen LogP contribution in [0.5, 0.6) is 0 Å². The molecule has 0 aromatic rings. The van der Waals surface area contributed by atoms with Crippen molar-refractivity contribution in [3.63, 3.8) is 0 Å². The Labute approximate surface area is 84.0 Å². The SMILES string of the molecule is OC1C2CC3C4CN(CCOC13)CC24. The van der Waals surface area contributed by atoms with Gasteiger partial charge in [0.25, 0.3) is 0 Å². The monoisotopic (exact) mass is 195 g/mol. The lowest BCUT2D eigenvalue weighted by Gasteiger charge is -2.35. The number of aliphatic hydroxyl groups excluding tert-OH is 1. The quantitative estimate of drug-likeness (QED) is 0.588. The highest BCUT2D eigenvalue weighted by atomic mass is 16.5. The van der Waals surface area contributed by atoms with Gasteiger partial charge in [0.15, 0.2) is 0 Å². The van der Waals surface area contributed by atoms with E-state index in [1.807, 2.05) is 0 Å². The Bertz CT molecular complexity index is 262. The maximum absolute atomic E-state index is 10.1. The summed E-state index contributed by atoms with van der Waals surface area (Å²) in [6.07, 6.45) is 1.26. The number of hydrogen-bond donors (Lipinski definition) is 1. The van der Waals surface area contributed by atoms with Gasteiger partial charge in [-0.05, 0) is 30.1 Å². The highest BCUT2D eigenvalue weighted by Gasteiger charge is 2.61. The fourth-order valence-electron chi connectivity index (χ4n) is 4.50. The molecule has 2 heterocycles. The van der Waals surface area contributed by atoms with Gasteiger partial charge in [-0.1, -0.05) is 0 Å². The summed E-state index contributed by atoms with van der Waals surface area (Å²) >= 11 is 0. The number of aliphatic hydroxyl groups is 1. The first-order valence-electron chi connectivity index (χ1n) is 5.86. The molecular formula is C11H17NO2. The minimum atomic E-state index is -0.153. The molecule has 0 aromatic carbocycles. The third-order valence-corrected chi connectivity index (χ3v) is 5.05. The molecule has 2 saturated carbocycles. The van der Waals surface area contributed by atoms with Crippen LogP contribution in [0.25, 0.3) is 0 Å². The smallest absolute Gasteiger partial charge is 0.0868 e. The van der Waals surface area contributed by atoms with Crippen molar-refractivity contribution in [1.29, 1.82) is 0 Å². The fraction of sp³-hybridized carbons (Fsp3) is 1.00. The lowest BCUT2D eigenvalue weighted by atomic mass is 9.78. The second kappa shape index (κ2) is 2.52. The molecule has 3 nitrogen and oxygen atoms in total. The highest BCUT2D eigenvalue weighted by molar-refractivity contribution is 5.10. The average molecular weight is 195 g/mol. The largest absolute Gasteiger partial charge is 0.390 e. The van der Waals surface area contributed by atoms with Gasteiger partial charge in [-0.2, -0.15) is 0 Å². The first kappa shape index (κ1) is 8.08. The zero-order chi connectivity index (χ0) is 9.28. The van der Waals surface area contributed by atoms with E-state index >= 15 is 0 Å². The molecule has 0 aromatic heterocycles. The van der Waals surface area contributed by atoms with Gasteiger partial charge >= 0.3 is 0 Å². The van der Waals surface area contributed by atoms with Gasteiger partial charge < -0.3 is 14.7 Å². The van der Waals surface area contributed by atoms with Crippen molar-refractivity contribution in [2.24, 2.45) is 23.7 Å². The molecule has 78 valence electrons. The van der Waals surface area contributed by atoms with E-state index in [-0.39, 0.29) is 12.2 Å².